The van der Waals surface area contributed by atoms with E-state index in [4.69, 9.17) is 5.73 Å². The van der Waals surface area contributed by atoms with Crippen LogP contribution >= 0.6 is 0 Å². The summed E-state index contributed by atoms with van der Waals surface area (Å²) >= 11 is 0. The van der Waals surface area contributed by atoms with E-state index in [0.29, 0.717) is 18.4 Å². The molecule has 2 rings (SSSR count). The van der Waals surface area contributed by atoms with Crippen LogP contribution in [0.25, 0.3) is 10.8 Å². The van der Waals surface area contributed by atoms with Crippen molar-refractivity contribution in [1.29, 1.82) is 0 Å². The van der Waals surface area contributed by atoms with Gasteiger partial charge in [-0.15, -0.1) is 0 Å². The van der Waals surface area contributed by atoms with Crippen molar-refractivity contribution in [2.24, 2.45) is 17.6 Å². The van der Waals surface area contributed by atoms with Crippen LogP contribution in [0.4, 0.5) is 5.69 Å². The highest BCUT2D eigenvalue weighted by Crippen LogP contribution is 2.30. The molecule has 0 radical (unpaired) electrons. The van der Waals surface area contributed by atoms with Crippen LogP contribution in [-0.2, 0) is 6.54 Å². The molecule has 0 heterocycles. The van der Waals surface area contributed by atoms with Crippen LogP contribution in [-0.4, -0.2) is 13.1 Å². The lowest BCUT2D eigenvalue weighted by molar-refractivity contribution is 0.554. The molecule has 0 aliphatic heterocycles. The fourth-order valence-corrected chi connectivity index (χ4v) is 2.95. The molecule has 0 bridgehead atoms. The molecular weight excluding hydrogens is 256 g/mol. The maximum Gasteiger partial charge on any atom is 0.0446 e. The minimum Gasteiger partial charge on any atom is -0.371 e. The first-order valence-corrected chi connectivity index (χ1v) is 7.98. The second kappa shape index (κ2) is 6.95. The van der Waals surface area contributed by atoms with Gasteiger partial charge in [-0.25, -0.2) is 0 Å². The fourth-order valence-electron chi connectivity index (χ4n) is 2.95. The number of hydrogen-bond donors (Lipinski definition) is 1. The van der Waals surface area contributed by atoms with Crippen molar-refractivity contribution in [2.45, 2.75) is 34.2 Å². The van der Waals surface area contributed by atoms with Gasteiger partial charge in [-0.3, -0.25) is 0 Å². The van der Waals surface area contributed by atoms with Gasteiger partial charge in [0.25, 0.3) is 0 Å². The van der Waals surface area contributed by atoms with E-state index in [1.165, 1.54) is 22.0 Å². The zero-order valence-corrected chi connectivity index (χ0v) is 13.8. The summed E-state index contributed by atoms with van der Waals surface area (Å²) in [6, 6.07) is 13.1. The highest BCUT2D eigenvalue weighted by Gasteiger charge is 2.14. The number of benzene rings is 2. The van der Waals surface area contributed by atoms with Crippen LogP contribution in [0.1, 0.15) is 33.3 Å². The van der Waals surface area contributed by atoms with E-state index in [1.54, 1.807) is 0 Å². The number of anilines is 1. The van der Waals surface area contributed by atoms with E-state index in [2.05, 4.69) is 69.0 Å². The molecule has 0 unspecified atom stereocenters. The zero-order chi connectivity index (χ0) is 15.4. The summed E-state index contributed by atoms with van der Waals surface area (Å²) in [5.41, 5.74) is 8.45. The monoisotopic (exact) mass is 284 g/mol. The average Bonchev–Trinajstić information content (AvgIpc) is 2.44. The van der Waals surface area contributed by atoms with Crippen LogP contribution in [0, 0.1) is 11.8 Å². The molecule has 2 aromatic rings. The number of fused-ring (bicyclic) bond motifs is 1. The topological polar surface area (TPSA) is 29.3 Å². The van der Waals surface area contributed by atoms with E-state index < -0.39 is 0 Å². The predicted octanol–water partition coefficient (Wildman–Crippen LogP) is 4.42. The third-order valence-corrected chi connectivity index (χ3v) is 3.72. The Labute approximate surface area is 128 Å². The van der Waals surface area contributed by atoms with E-state index in [-0.39, 0.29) is 0 Å². The Morgan fingerprint density at radius 3 is 1.95 bits per heavy atom. The Kier molecular flexibility index (Phi) is 5.24. The highest BCUT2D eigenvalue weighted by atomic mass is 15.1. The molecule has 0 saturated heterocycles. The molecule has 2 N–H and O–H groups in total. The molecule has 0 spiro atoms. The van der Waals surface area contributed by atoms with Crippen LogP contribution in [0.3, 0.4) is 0 Å². The molecule has 0 amide bonds. The van der Waals surface area contributed by atoms with E-state index in [9.17, 15) is 0 Å². The molecule has 0 aliphatic rings. The molecule has 114 valence electrons. The van der Waals surface area contributed by atoms with Crippen LogP contribution in [0.15, 0.2) is 36.4 Å². The lowest BCUT2D eigenvalue weighted by Crippen LogP contribution is -2.31. The van der Waals surface area contributed by atoms with E-state index >= 15 is 0 Å². The Morgan fingerprint density at radius 1 is 0.857 bits per heavy atom. The highest BCUT2D eigenvalue weighted by molar-refractivity contribution is 5.96. The van der Waals surface area contributed by atoms with Crippen molar-refractivity contribution in [3.63, 3.8) is 0 Å². The average molecular weight is 284 g/mol. The third kappa shape index (κ3) is 3.76. The molecule has 0 saturated carbocycles. The van der Waals surface area contributed by atoms with Gasteiger partial charge in [0.15, 0.2) is 0 Å². The van der Waals surface area contributed by atoms with Crippen LogP contribution in [0.5, 0.6) is 0 Å². The summed E-state index contributed by atoms with van der Waals surface area (Å²) in [7, 11) is 0. The standard InChI is InChI=1S/C19H28N2/c1-14(2)12-21(13-15(3)4)19-10-9-16(11-20)17-7-5-6-8-18(17)19/h5-10,14-15H,11-13,20H2,1-4H3. The van der Waals surface area contributed by atoms with Gasteiger partial charge in [-0.1, -0.05) is 58.0 Å². The van der Waals surface area contributed by atoms with Gasteiger partial charge in [-0.05, 0) is 28.9 Å². The first kappa shape index (κ1) is 15.8. The minimum absolute atomic E-state index is 0.592. The van der Waals surface area contributed by atoms with Crippen molar-refractivity contribution in [3.05, 3.63) is 42.0 Å². The lowest BCUT2D eigenvalue weighted by Gasteiger charge is -2.30. The predicted molar refractivity (Wildman–Crippen MR) is 93.7 cm³/mol. The minimum atomic E-state index is 0.592. The van der Waals surface area contributed by atoms with Gasteiger partial charge in [0.1, 0.15) is 0 Å². The molecule has 2 heteroatoms. The van der Waals surface area contributed by atoms with Gasteiger partial charge in [-0.2, -0.15) is 0 Å². The molecular formula is C19H28N2. The normalized spacial score (nSPS) is 11.6. The fraction of sp³-hybridized carbons (Fsp3) is 0.474. The largest absolute Gasteiger partial charge is 0.371 e. The molecule has 0 atom stereocenters. The molecule has 0 aromatic heterocycles. The maximum absolute atomic E-state index is 5.89. The number of nitrogens with two attached hydrogens (primary N) is 1. The molecule has 2 nitrogen and oxygen atoms in total. The molecule has 0 aliphatic carbocycles. The van der Waals surface area contributed by atoms with Crippen molar-refractivity contribution in [2.75, 3.05) is 18.0 Å². The van der Waals surface area contributed by atoms with Gasteiger partial charge < -0.3 is 10.6 Å². The SMILES string of the molecule is CC(C)CN(CC(C)C)c1ccc(CN)c2ccccc12. The maximum atomic E-state index is 5.89. The second-order valence-electron chi connectivity index (χ2n) is 6.69. The van der Waals surface area contributed by atoms with Gasteiger partial charge in [0.05, 0.1) is 0 Å². The molecule has 2 aromatic carbocycles. The molecule has 21 heavy (non-hydrogen) atoms. The Bertz CT molecular complexity index is 577. The van der Waals surface area contributed by atoms with Crippen LogP contribution < -0.4 is 10.6 Å². The Morgan fingerprint density at radius 2 is 1.43 bits per heavy atom. The summed E-state index contributed by atoms with van der Waals surface area (Å²) in [4.78, 5) is 2.53. The quantitative estimate of drug-likeness (QED) is 0.851. The lowest BCUT2D eigenvalue weighted by atomic mass is 10.0. The summed E-state index contributed by atoms with van der Waals surface area (Å²) in [5.74, 6) is 1.30. The van der Waals surface area contributed by atoms with Gasteiger partial charge in [0, 0.05) is 30.7 Å². The van der Waals surface area contributed by atoms with E-state index in [1.807, 2.05) is 0 Å². The Hall–Kier alpha value is -1.54. The van der Waals surface area contributed by atoms with Gasteiger partial charge >= 0.3 is 0 Å². The molecule has 0 fully saturated rings. The number of nitrogens with zero attached hydrogens (tertiary/aromatic N) is 1. The summed E-state index contributed by atoms with van der Waals surface area (Å²) in [6.45, 7) is 11.9. The van der Waals surface area contributed by atoms with Gasteiger partial charge in [0.2, 0.25) is 0 Å². The smallest absolute Gasteiger partial charge is 0.0446 e. The van der Waals surface area contributed by atoms with Crippen molar-refractivity contribution in [3.8, 4) is 0 Å². The number of hydrogen-bond acceptors (Lipinski definition) is 2. The summed E-state index contributed by atoms with van der Waals surface area (Å²) in [5, 5.41) is 2.61. The second-order valence-corrected chi connectivity index (χ2v) is 6.69. The Balaban J connectivity index is 2.52. The first-order chi connectivity index (χ1) is 10.0. The van der Waals surface area contributed by atoms with Crippen molar-refractivity contribution in [1.82, 2.24) is 0 Å². The summed E-state index contributed by atoms with van der Waals surface area (Å²) in [6.07, 6.45) is 0. The first-order valence-electron chi connectivity index (χ1n) is 7.98. The number of rotatable bonds is 6. The van der Waals surface area contributed by atoms with Crippen LogP contribution in [0.2, 0.25) is 0 Å². The van der Waals surface area contributed by atoms with Crippen molar-refractivity contribution >= 4 is 16.5 Å². The van der Waals surface area contributed by atoms with E-state index in [0.717, 1.165) is 13.1 Å². The zero-order valence-electron chi connectivity index (χ0n) is 13.8. The summed E-state index contributed by atoms with van der Waals surface area (Å²) < 4.78 is 0. The van der Waals surface area contributed by atoms with Crippen molar-refractivity contribution < 1.29 is 0 Å². The third-order valence-electron chi connectivity index (χ3n) is 3.72.